The van der Waals surface area contributed by atoms with Gasteiger partial charge in [-0.2, -0.15) is 31.3 Å². The Morgan fingerprint density at radius 2 is 1.86 bits per heavy atom. The molecular formula is C18H15F6N3O2. The molecule has 0 radical (unpaired) electrons. The van der Waals surface area contributed by atoms with Gasteiger partial charge in [-0.3, -0.25) is 4.79 Å². The van der Waals surface area contributed by atoms with Gasteiger partial charge in [-0.15, -0.1) is 0 Å². The maximum absolute atomic E-state index is 12.9. The molecule has 2 aromatic rings. The van der Waals surface area contributed by atoms with Crippen molar-refractivity contribution < 1.29 is 35.9 Å². The third-order valence-electron chi connectivity index (χ3n) is 4.30. The van der Waals surface area contributed by atoms with E-state index in [1.54, 1.807) is 0 Å². The molecule has 0 bridgehead atoms. The monoisotopic (exact) mass is 419 g/mol. The lowest BCUT2D eigenvalue weighted by Crippen LogP contribution is -2.44. The van der Waals surface area contributed by atoms with Gasteiger partial charge in [0.15, 0.2) is 5.69 Å². The Morgan fingerprint density at radius 3 is 2.55 bits per heavy atom. The highest BCUT2D eigenvalue weighted by Crippen LogP contribution is 2.30. The van der Waals surface area contributed by atoms with Crippen molar-refractivity contribution in [3.05, 3.63) is 53.3 Å². The minimum atomic E-state index is -4.65. The van der Waals surface area contributed by atoms with Gasteiger partial charge in [0, 0.05) is 18.3 Å². The highest BCUT2D eigenvalue weighted by molar-refractivity contribution is 5.94. The zero-order valence-electron chi connectivity index (χ0n) is 14.8. The van der Waals surface area contributed by atoms with Gasteiger partial charge >= 0.3 is 18.4 Å². The van der Waals surface area contributed by atoms with E-state index >= 15 is 0 Å². The van der Waals surface area contributed by atoms with Gasteiger partial charge in [-0.1, -0.05) is 6.07 Å². The molecule has 0 N–H and O–H groups in total. The zero-order chi connectivity index (χ0) is 21.2. The molecule has 0 saturated carbocycles. The molecule has 1 fully saturated rings. The second-order valence-corrected chi connectivity index (χ2v) is 6.43. The molecule has 1 aliphatic rings. The SMILES string of the molecule is O=C(c1cccc(C(F)(F)F)c1)N1CCCC(Oc2nccc(C(F)(F)F)n2)C1. The van der Waals surface area contributed by atoms with Gasteiger partial charge in [0.2, 0.25) is 0 Å². The molecule has 1 saturated heterocycles. The molecule has 3 rings (SSSR count). The Bertz CT molecular complexity index is 884. The fraction of sp³-hybridized carbons (Fsp3) is 0.389. The predicted octanol–water partition coefficient (Wildman–Crippen LogP) is 4.20. The maximum atomic E-state index is 12.9. The summed E-state index contributed by atoms with van der Waals surface area (Å²) in [5.74, 6) is -0.616. The van der Waals surface area contributed by atoms with Crippen LogP contribution in [0.15, 0.2) is 36.5 Å². The van der Waals surface area contributed by atoms with Gasteiger partial charge < -0.3 is 9.64 Å². The number of carbonyl (C=O) groups is 1. The molecular weight excluding hydrogens is 404 g/mol. The molecule has 2 heterocycles. The van der Waals surface area contributed by atoms with Crippen LogP contribution in [-0.4, -0.2) is 40.0 Å². The molecule has 1 atom stereocenters. The van der Waals surface area contributed by atoms with E-state index in [2.05, 4.69) is 9.97 Å². The first-order chi connectivity index (χ1) is 13.5. The number of ether oxygens (including phenoxy) is 1. The topological polar surface area (TPSA) is 55.3 Å². The quantitative estimate of drug-likeness (QED) is 0.700. The van der Waals surface area contributed by atoms with E-state index in [1.807, 2.05) is 0 Å². The number of nitrogens with zero attached hydrogens (tertiary/aromatic N) is 3. The number of piperidine rings is 1. The Hall–Kier alpha value is -2.85. The van der Waals surface area contributed by atoms with Gasteiger partial charge in [0.05, 0.1) is 12.1 Å². The summed E-state index contributed by atoms with van der Waals surface area (Å²) in [7, 11) is 0. The number of hydrogen-bond donors (Lipinski definition) is 0. The van der Waals surface area contributed by atoms with Crippen molar-refractivity contribution in [1.82, 2.24) is 14.9 Å². The average Bonchev–Trinajstić information content (AvgIpc) is 2.67. The predicted molar refractivity (Wildman–Crippen MR) is 88.0 cm³/mol. The number of amides is 1. The number of rotatable bonds is 3. The lowest BCUT2D eigenvalue weighted by atomic mass is 10.1. The van der Waals surface area contributed by atoms with Crippen LogP contribution in [0.1, 0.15) is 34.5 Å². The summed E-state index contributed by atoms with van der Waals surface area (Å²) in [5.41, 5.74) is -2.23. The molecule has 1 aliphatic heterocycles. The zero-order valence-corrected chi connectivity index (χ0v) is 14.8. The third kappa shape index (κ3) is 5.15. The molecule has 11 heteroatoms. The summed E-state index contributed by atoms with van der Waals surface area (Å²) in [6.45, 7) is 0.285. The molecule has 5 nitrogen and oxygen atoms in total. The van der Waals surface area contributed by atoms with Crippen molar-refractivity contribution in [2.75, 3.05) is 13.1 Å². The molecule has 1 amide bonds. The standard InChI is InChI=1S/C18H15F6N3O2/c19-17(20,21)12-4-1-3-11(9-12)15(28)27-8-2-5-13(10-27)29-16-25-7-6-14(26-16)18(22,23)24/h1,3-4,6-7,9,13H,2,5,8,10H2. The van der Waals surface area contributed by atoms with E-state index in [-0.39, 0.29) is 12.1 Å². The minimum Gasteiger partial charge on any atom is -0.458 e. The van der Waals surface area contributed by atoms with Crippen molar-refractivity contribution in [3.8, 4) is 6.01 Å². The average molecular weight is 419 g/mol. The number of hydrogen-bond acceptors (Lipinski definition) is 4. The molecule has 1 aromatic carbocycles. The second kappa shape index (κ2) is 7.88. The first kappa shape index (κ1) is 20.9. The van der Waals surface area contributed by atoms with Crippen molar-refractivity contribution in [2.24, 2.45) is 0 Å². The highest BCUT2D eigenvalue weighted by atomic mass is 19.4. The molecule has 0 aliphatic carbocycles. The lowest BCUT2D eigenvalue weighted by Gasteiger charge is -2.32. The summed E-state index contributed by atoms with van der Waals surface area (Å²) in [6, 6.07) is 4.28. The number of aromatic nitrogens is 2. The van der Waals surface area contributed by atoms with Gasteiger partial charge in [-0.25, -0.2) is 4.98 Å². The summed E-state index contributed by atoms with van der Waals surface area (Å²) in [6.07, 6.45) is -8.09. The number of halogens is 6. The van der Waals surface area contributed by atoms with Crippen LogP contribution in [0.4, 0.5) is 26.3 Å². The summed E-state index contributed by atoms with van der Waals surface area (Å²) in [4.78, 5) is 20.9. The van der Waals surface area contributed by atoms with Gasteiger partial charge in [0.25, 0.3) is 5.91 Å². The normalized spacial score (nSPS) is 17.9. The molecule has 156 valence electrons. The Labute approximate surface area is 161 Å². The van der Waals surface area contributed by atoms with Crippen LogP contribution in [0, 0.1) is 0 Å². The highest BCUT2D eigenvalue weighted by Gasteiger charge is 2.34. The summed E-state index contributed by atoms with van der Waals surface area (Å²) in [5, 5.41) is 0. The van der Waals surface area contributed by atoms with Crippen LogP contribution in [-0.2, 0) is 12.4 Å². The fourth-order valence-electron chi connectivity index (χ4n) is 2.93. The van der Waals surface area contributed by atoms with Gasteiger partial charge in [-0.05, 0) is 37.1 Å². The van der Waals surface area contributed by atoms with E-state index in [1.165, 1.54) is 11.0 Å². The van der Waals surface area contributed by atoms with E-state index < -0.39 is 41.6 Å². The number of carbonyl (C=O) groups excluding carboxylic acids is 1. The number of likely N-dealkylation sites (tertiary alicyclic amines) is 1. The largest absolute Gasteiger partial charge is 0.458 e. The van der Waals surface area contributed by atoms with Crippen LogP contribution < -0.4 is 4.74 Å². The van der Waals surface area contributed by atoms with Crippen LogP contribution in [0.25, 0.3) is 0 Å². The maximum Gasteiger partial charge on any atom is 0.433 e. The van der Waals surface area contributed by atoms with Crippen molar-refractivity contribution in [3.63, 3.8) is 0 Å². The first-order valence-corrected chi connectivity index (χ1v) is 8.57. The minimum absolute atomic E-state index is 0.00527. The third-order valence-corrected chi connectivity index (χ3v) is 4.30. The van der Waals surface area contributed by atoms with Crippen LogP contribution in [0.5, 0.6) is 6.01 Å². The van der Waals surface area contributed by atoms with Gasteiger partial charge in [0.1, 0.15) is 6.10 Å². The van der Waals surface area contributed by atoms with Crippen molar-refractivity contribution >= 4 is 5.91 Å². The summed E-state index contributed by atoms with van der Waals surface area (Å²) >= 11 is 0. The van der Waals surface area contributed by atoms with E-state index in [9.17, 15) is 31.1 Å². The van der Waals surface area contributed by atoms with Crippen LogP contribution in [0.3, 0.4) is 0 Å². The summed E-state index contributed by atoms with van der Waals surface area (Å²) < 4.78 is 82.2. The Balaban J connectivity index is 1.70. The Kier molecular flexibility index (Phi) is 5.67. The Morgan fingerprint density at radius 1 is 1.10 bits per heavy atom. The fourth-order valence-corrected chi connectivity index (χ4v) is 2.93. The van der Waals surface area contributed by atoms with Crippen LogP contribution in [0.2, 0.25) is 0 Å². The molecule has 1 aromatic heterocycles. The van der Waals surface area contributed by atoms with Crippen molar-refractivity contribution in [2.45, 2.75) is 31.3 Å². The number of benzene rings is 1. The smallest absolute Gasteiger partial charge is 0.433 e. The van der Waals surface area contributed by atoms with E-state index in [0.29, 0.717) is 25.5 Å². The molecule has 29 heavy (non-hydrogen) atoms. The van der Waals surface area contributed by atoms with Crippen molar-refractivity contribution in [1.29, 1.82) is 0 Å². The number of alkyl halides is 6. The van der Waals surface area contributed by atoms with Crippen LogP contribution >= 0.6 is 0 Å². The van der Waals surface area contributed by atoms with E-state index in [4.69, 9.17) is 4.74 Å². The second-order valence-electron chi connectivity index (χ2n) is 6.43. The molecule has 1 unspecified atom stereocenters. The first-order valence-electron chi connectivity index (χ1n) is 8.57. The molecule has 0 spiro atoms. The van der Waals surface area contributed by atoms with E-state index in [0.717, 1.165) is 24.4 Å². The lowest BCUT2D eigenvalue weighted by molar-refractivity contribution is -0.141.